The Kier molecular flexibility index (Phi) is 3.16. The van der Waals surface area contributed by atoms with Gasteiger partial charge in [0.1, 0.15) is 11.5 Å². The number of aromatic hydroxyl groups is 2. The molecule has 22 heavy (non-hydrogen) atoms. The van der Waals surface area contributed by atoms with Gasteiger partial charge in [0.15, 0.2) is 0 Å². The number of pyridine rings is 1. The van der Waals surface area contributed by atoms with Crippen molar-refractivity contribution in [1.82, 2.24) is 9.55 Å². The van der Waals surface area contributed by atoms with Gasteiger partial charge in [-0.3, -0.25) is 0 Å². The van der Waals surface area contributed by atoms with Gasteiger partial charge in [0, 0.05) is 6.20 Å². The number of nitrogens with zero attached hydrogens (tertiary/aromatic N) is 4. The molecule has 8 heteroatoms. The highest BCUT2D eigenvalue weighted by Gasteiger charge is 2.23. The molecule has 0 aliphatic heterocycles. The fourth-order valence-corrected chi connectivity index (χ4v) is 2.48. The Labute approximate surface area is 128 Å². The zero-order chi connectivity index (χ0) is 15.9. The first-order chi connectivity index (χ1) is 10.6. The van der Waals surface area contributed by atoms with Crippen molar-refractivity contribution in [3.8, 4) is 23.6 Å². The lowest BCUT2D eigenvalue weighted by atomic mass is 10.2. The average molecular weight is 315 g/mol. The van der Waals surface area contributed by atoms with Gasteiger partial charge in [-0.2, -0.15) is 5.26 Å². The van der Waals surface area contributed by atoms with Gasteiger partial charge >= 0.3 is 0 Å². The van der Waals surface area contributed by atoms with Gasteiger partial charge in [0.05, 0.1) is 27.4 Å². The van der Waals surface area contributed by atoms with Crippen molar-refractivity contribution in [1.29, 1.82) is 5.26 Å². The number of nitriles is 1. The number of aromatic nitrogens is 2. The first-order valence-electron chi connectivity index (χ1n) is 6.03. The number of benzene rings is 1. The van der Waals surface area contributed by atoms with Crippen LogP contribution in [0.1, 0.15) is 5.56 Å². The minimum atomic E-state index is -0.438. The zero-order valence-electron chi connectivity index (χ0n) is 10.9. The molecule has 0 spiro atoms. The molecule has 7 nitrogen and oxygen atoms in total. The van der Waals surface area contributed by atoms with E-state index in [1.165, 1.54) is 30.5 Å². The molecular weight excluding hydrogens is 308 g/mol. The average Bonchev–Trinajstić information content (AvgIpc) is 2.80. The molecule has 2 heterocycles. The molecule has 2 N–H and O–H groups in total. The summed E-state index contributed by atoms with van der Waals surface area (Å²) < 4.78 is 0.992. The van der Waals surface area contributed by atoms with E-state index in [1.54, 1.807) is 0 Å². The summed E-state index contributed by atoms with van der Waals surface area (Å²) in [6.07, 6.45) is 1.36. The van der Waals surface area contributed by atoms with Crippen molar-refractivity contribution in [2.45, 2.75) is 0 Å². The Bertz CT molecular complexity index is 959. The summed E-state index contributed by atoms with van der Waals surface area (Å²) in [4.78, 5) is 14.9. The molecule has 0 saturated heterocycles. The van der Waals surface area contributed by atoms with Crippen molar-refractivity contribution < 1.29 is 10.2 Å². The van der Waals surface area contributed by atoms with Crippen LogP contribution in [0.4, 0.5) is 5.69 Å². The lowest BCUT2D eigenvalue weighted by Crippen LogP contribution is -1.96. The normalized spacial score (nSPS) is 10.5. The van der Waals surface area contributed by atoms with Crippen LogP contribution < -0.4 is 0 Å². The van der Waals surface area contributed by atoms with Crippen LogP contribution in [-0.4, -0.2) is 19.8 Å². The van der Waals surface area contributed by atoms with E-state index in [0.29, 0.717) is 5.56 Å². The number of hydrogen-bond donors (Lipinski definition) is 2. The van der Waals surface area contributed by atoms with Gasteiger partial charge in [-0.05, 0) is 29.4 Å². The highest BCUT2D eigenvalue weighted by Crippen LogP contribution is 2.46. The highest BCUT2D eigenvalue weighted by molar-refractivity contribution is 6.37. The second kappa shape index (κ2) is 5.02. The van der Waals surface area contributed by atoms with Crippen LogP contribution in [0.25, 0.3) is 16.6 Å². The molecule has 2 aromatic heterocycles. The van der Waals surface area contributed by atoms with Crippen LogP contribution in [-0.2, 0) is 0 Å². The lowest BCUT2D eigenvalue weighted by Gasteiger charge is -2.05. The van der Waals surface area contributed by atoms with Gasteiger partial charge in [0.25, 0.3) is 0 Å². The Morgan fingerprint density at radius 2 is 1.95 bits per heavy atom. The molecule has 3 aromatic rings. The maximum atomic E-state index is 10.9. The zero-order valence-corrected chi connectivity index (χ0v) is 11.6. The van der Waals surface area contributed by atoms with E-state index >= 15 is 0 Å². The molecule has 0 radical (unpaired) electrons. The predicted octanol–water partition coefficient (Wildman–Crippen LogP) is 3.36. The third-order valence-electron chi connectivity index (χ3n) is 3.21. The third-order valence-corrected chi connectivity index (χ3v) is 3.52. The van der Waals surface area contributed by atoms with Gasteiger partial charge in [-0.15, -0.1) is 4.91 Å². The molecule has 0 fully saturated rings. The second-order valence-electron chi connectivity index (χ2n) is 4.40. The summed E-state index contributed by atoms with van der Waals surface area (Å²) in [5.41, 5.74) is 0.226. The van der Waals surface area contributed by atoms with Crippen molar-refractivity contribution in [3.05, 3.63) is 46.0 Å². The lowest BCUT2D eigenvalue weighted by molar-refractivity contribution is 0.405. The Morgan fingerprint density at radius 1 is 1.23 bits per heavy atom. The molecule has 0 aliphatic rings. The summed E-state index contributed by atoms with van der Waals surface area (Å²) >= 11 is 6.02. The summed E-state index contributed by atoms with van der Waals surface area (Å²) in [6.45, 7) is 0. The molecule has 0 aliphatic carbocycles. The number of fused-ring (bicyclic) bond motifs is 1. The monoisotopic (exact) mass is 314 g/mol. The molecule has 0 atom stereocenters. The SMILES string of the molecule is N#Cc1ccnc(-n2c(O)c3c(Cl)ccc(N=O)c3c2O)c1. The van der Waals surface area contributed by atoms with Gasteiger partial charge in [-0.25, -0.2) is 9.55 Å². The van der Waals surface area contributed by atoms with Crippen LogP contribution in [0.5, 0.6) is 11.8 Å². The first kappa shape index (κ1) is 13.9. The topological polar surface area (TPSA) is 112 Å². The van der Waals surface area contributed by atoms with E-state index in [0.717, 1.165) is 4.57 Å². The van der Waals surface area contributed by atoms with Crippen LogP contribution in [0, 0.1) is 16.2 Å². The summed E-state index contributed by atoms with van der Waals surface area (Å²) in [5, 5.41) is 32.7. The van der Waals surface area contributed by atoms with E-state index in [2.05, 4.69) is 10.2 Å². The minimum Gasteiger partial charge on any atom is -0.494 e. The highest BCUT2D eigenvalue weighted by atomic mass is 35.5. The molecule has 3 rings (SSSR count). The summed E-state index contributed by atoms with van der Waals surface area (Å²) in [6, 6.07) is 7.51. The van der Waals surface area contributed by atoms with E-state index < -0.39 is 11.8 Å². The van der Waals surface area contributed by atoms with E-state index in [-0.39, 0.29) is 27.3 Å². The van der Waals surface area contributed by atoms with Crippen molar-refractivity contribution in [2.75, 3.05) is 0 Å². The quantitative estimate of drug-likeness (QED) is 0.704. The standard InChI is InChI=1S/C14H7ClN4O3/c15-8-1-2-9(18-22)12-11(8)13(20)19(14(12)21)10-5-7(6-16)3-4-17-10/h1-5,20-21H. The Morgan fingerprint density at radius 3 is 2.64 bits per heavy atom. The largest absolute Gasteiger partial charge is 0.494 e. The fraction of sp³-hybridized carbons (Fsp3) is 0. The fourth-order valence-electron chi connectivity index (χ4n) is 2.24. The van der Waals surface area contributed by atoms with Crippen LogP contribution in [0.2, 0.25) is 5.02 Å². The number of rotatable bonds is 2. The van der Waals surface area contributed by atoms with Crippen LogP contribution >= 0.6 is 11.6 Å². The molecule has 0 unspecified atom stereocenters. The smallest absolute Gasteiger partial charge is 0.210 e. The molecule has 108 valence electrons. The maximum Gasteiger partial charge on any atom is 0.210 e. The predicted molar refractivity (Wildman–Crippen MR) is 79.6 cm³/mol. The van der Waals surface area contributed by atoms with E-state index in [1.807, 2.05) is 6.07 Å². The summed E-state index contributed by atoms with van der Waals surface area (Å²) in [5.74, 6) is -0.726. The number of halogens is 1. The molecule has 0 bridgehead atoms. The molecule has 1 aromatic carbocycles. The van der Waals surface area contributed by atoms with Gasteiger partial charge in [0.2, 0.25) is 11.8 Å². The number of hydrogen-bond acceptors (Lipinski definition) is 6. The molecule has 0 saturated carbocycles. The third kappa shape index (κ3) is 1.86. The van der Waals surface area contributed by atoms with Gasteiger partial charge in [-0.1, -0.05) is 11.6 Å². The van der Waals surface area contributed by atoms with E-state index in [4.69, 9.17) is 16.9 Å². The van der Waals surface area contributed by atoms with Crippen molar-refractivity contribution in [3.63, 3.8) is 0 Å². The number of nitroso groups, excluding NO2 is 1. The minimum absolute atomic E-state index is 0.0177. The van der Waals surface area contributed by atoms with Crippen LogP contribution in [0.15, 0.2) is 35.6 Å². The van der Waals surface area contributed by atoms with Crippen molar-refractivity contribution in [2.24, 2.45) is 5.18 Å². The van der Waals surface area contributed by atoms with Crippen LogP contribution in [0.3, 0.4) is 0 Å². The summed E-state index contributed by atoms with van der Waals surface area (Å²) in [7, 11) is 0. The maximum absolute atomic E-state index is 10.9. The van der Waals surface area contributed by atoms with Gasteiger partial charge < -0.3 is 10.2 Å². The first-order valence-corrected chi connectivity index (χ1v) is 6.41. The second-order valence-corrected chi connectivity index (χ2v) is 4.81. The Balaban J connectivity index is 2.43. The van der Waals surface area contributed by atoms with E-state index in [9.17, 15) is 15.1 Å². The van der Waals surface area contributed by atoms with Crippen molar-refractivity contribution >= 4 is 28.1 Å². The molecular formula is C14H7ClN4O3. The molecule has 0 amide bonds. The Hall–Kier alpha value is -3.11.